The zero-order chi connectivity index (χ0) is 15.4. The minimum atomic E-state index is -1.23. The van der Waals surface area contributed by atoms with Crippen LogP contribution in [0.15, 0.2) is 18.2 Å². The summed E-state index contributed by atoms with van der Waals surface area (Å²) in [5.74, 6) is -1.65. The van der Waals surface area contributed by atoms with E-state index in [1.54, 1.807) is 4.90 Å². The van der Waals surface area contributed by atoms with E-state index in [4.69, 9.17) is 5.11 Å². The number of rotatable bonds is 4. The van der Waals surface area contributed by atoms with Gasteiger partial charge in [0.25, 0.3) is 0 Å². The van der Waals surface area contributed by atoms with Crippen molar-refractivity contribution in [2.75, 3.05) is 11.9 Å². The molecule has 1 saturated carbocycles. The molecule has 1 aliphatic rings. The molecule has 0 aliphatic heterocycles. The number of urea groups is 1. The molecular formula is C15H20N2O4. The summed E-state index contributed by atoms with van der Waals surface area (Å²) in [6.45, 7) is 2.49. The number of benzene rings is 1. The summed E-state index contributed by atoms with van der Waals surface area (Å²) in [7, 11) is 0. The van der Waals surface area contributed by atoms with Crippen LogP contribution in [-0.4, -0.2) is 39.7 Å². The lowest BCUT2D eigenvalue weighted by atomic mass is 10.1. The number of hydrogen-bond acceptors (Lipinski definition) is 3. The first-order valence-corrected chi connectivity index (χ1v) is 7.17. The predicted octanol–water partition coefficient (Wildman–Crippen LogP) is 2.89. The molecule has 114 valence electrons. The van der Waals surface area contributed by atoms with Gasteiger partial charge >= 0.3 is 12.0 Å². The quantitative estimate of drug-likeness (QED) is 0.744. The third-order valence-corrected chi connectivity index (χ3v) is 3.88. The number of nitrogens with zero attached hydrogens (tertiary/aromatic N) is 1. The molecule has 1 fully saturated rings. The van der Waals surface area contributed by atoms with E-state index >= 15 is 0 Å². The molecule has 1 aliphatic carbocycles. The van der Waals surface area contributed by atoms with Gasteiger partial charge in [0, 0.05) is 12.6 Å². The number of amides is 2. The van der Waals surface area contributed by atoms with Gasteiger partial charge in [-0.3, -0.25) is 0 Å². The number of carboxylic acids is 1. The molecule has 0 aromatic heterocycles. The molecule has 0 radical (unpaired) electrons. The maximum atomic E-state index is 12.3. The molecule has 2 amide bonds. The highest BCUT2D eigenvalue weighted by Gasteiger charge is 2.26. The van der Waals surface area contributed by atoms with Crippen LogP contribution in [0, 0.1) is 0 Å². The van der Waals surface area contributed by atoms with Crippen molar-refractivity contribution in [2.45, 2.75) is 38.6 Å². The van der Waals surface area contributed by atoms with Crippen LogP contribution < -0.4 is 5.32 Å². The zero-order valence-corrected chi connectivity index (χ0v) is 12.0. The Hall–Kier alpha value is -2.24. The van der Waals surface area contributed by atoms with Gasteiger partial charge in [0.05, 0.1) is 5.69 Å². The number of para-hydroxylation sites is 1. The number of hydrogen-bond donors (Lipinski definition) is 3. The molecule has 1 aromatic rings. The van der Waals surface area contributed by atoms with Crippen molar-refractivity contribution in [3.8, 4) is 5.75 Å². The Morgan fingerprint density at radius 3 is 2.57 bits per heavy atom. The normalized spacial score (nSPS) is 14.9. The Morgan fingerprint density at radius 2 is 2.00 bits per heavy atom. The number of aromatic hydroxyl groups is 1. The molecule has 6 nitrogen and oxygen atoms in total. The average molecular weight is 292 g/mol. The highest BCUT2D eigenvalue weighted by molar-refractivity contribution is 5.97. The number of nitrogens with one attached hydrogen (secondary N) is 1. The van der Waals surface area contributed by atoms with Crippen molar-refractivity contribution in [1.82, 2.24) is 4.90 Å². The summed E-state index contributed by atoms with van der Waals surface area (Å²) in [6, 6.07) is 4.19. The second-order valence-electron chi connectivity index (χ2n) is 5.16. The van der Waals surface area contributed by atoms with Crippen molar-refractivity contribution in [2.24, 2.45) is 0 Å². The van der Waals surface area contributed by atoms with Gasteiger partial charge in [0.1, 0.15) is 5.56 Å². The highest BCUT2D eigenvalue weighted by atomic mass is 16.4. The van der Waals surface area contributed by atoms with Gasteiger partial charge in [0.15, 0.2) is 5.75 Å². The van der Waals surface area contributed by atoms with Gasteiger partial charge in [-0.2, -0.15) is 0 Å². The Morgan fingerprint density at radius 1 is 1.33 bits per heavy atom. The summed E-state index contributed by atoms with van der Waals surface area (Å²) in [5.41, 5.74) is -0.104. The number of carbonyl (C=O) groups excluding carboxylic acids is 1. The van der Waals surface area contributed by atoms with Crippen LogP contribution in [-0.2, 0) is 0 Å². The van der Waals surface area contributed by atoms with Crippen molar-refractivity contribution in [1.29, 1.82) is 0 Å². The minimum absolute atomic E-state index is 0.122. The van der Waals surface area contributed by atoms with E-state index < -0.39 is 11.7 Å². The van der Waals surface area contributed by atoms with Crippen LogP contribution >= 0.6 is 0 Å². The number of anilines is 1. The monoisotopic (exact) mass is 292 g/mol. The molecule has 3 N–H and O–H groups in total. The lowest BCUT2D eigenvalue weighted by Gasteiger charge is -2.28. The molecule has 21 heavy (non-hydrogen) atoms. The smallest absolute Gasteiger partial charge is 0.339 e. The summed E-state index contributed by atoms with van der Waals surface area (Å²) in [4.78, 5) is 25.0. The number of carboxylic acid groups (broad SMARTS) is 1. The summed E-state index contributed by atoms with van der Waals surface area (Å²) in [5, 5.41) is 21.5. The van der Waals surface area contributed by atoms with Gasteiger partial charge in [-0.25, -0.2) is 9.59 Å². The minimum Gasteiger partial charge on any atom is -0.505 e. The van der Waals surface area contributed by atoms with Gasteiger partial charge < -0.3 is 20.4 Å². The summed E-state index contributed by atoms with van der Waals surface area (Å²) in [6.07, 6.45) is 4.22. The molecule has 1 aromatic carbocycles. The lowest BCUT2D eigenvalue weighted by molar-refractivity contribution is 0.0693. The molecule has 6 heteroatoms. The first kappa shape index (κ1) is 15.2. The number of aromatic carboxylic acids is 1. The third-order valence-electron chi connectivity index (χ3n) is 3.88. The van der Waals surface area contributed by atoms with Gasteiger partial charge in [-0.05, 0) is 31.9 Å². The van der Waals surface area contributed by atoms with E-state index in [-0.39, 0.29) is 23.3 Å². The van der Waals surface area contributed by atoms with Gasteiger partial charge in [-0.15, -0.1) is 0 Å². The van der Waals surface area contributed by atoms with Crippen molar-refractivity contribution in [3.63, 3.8) is 0 Å². The molecule has 0 atom stereocenters. The fraction of sp³-hybridized carbons (Fsp3) is 0.467. The molecule has 0 saturated heterocycles. The lowest BCUT2D eigenvalue weighted by Crippen LogP contribution is -2.41. The fourth-order valence-electron chi connectivity index (χ4n) is 2.79. The summed E-state index contributed by atoms with van der Waals surface area (Å²) >= 11 is 0. The van der Waals surface area contributed by atoms with Gasteiger partial charge in [-0.1, -0.05) is 18.9 Å². The van der Waals surface area contributed by atoms with E-state index in [1.807, 2.05) is 6.92 Å². The van der Waals surface area contributed by atoms with Crippen LogP contribution in [0.5, 0.6) is 5.75 Å². The molecule has 0 unspecified atom stereocenters. The standard InChI is InChI=1S/C15H20N2O4/c1-2-17(10-6-3-4-7-10)15(21)16-12-9-5-8-11(13(12)18)14(19)20/h5,8-10,18H,2-4,6-7H2,1H3,(H,16,21)(H,19,20). The predicted molar refractivity (Wildman–Crippen MR) is 78.7 cm³/mol. The second-order valence-corrected chi connectivity index (χ2v) is 5.16. The molecular weight excluding hydrogens is 272 g/mol. The molecule has 0 spiro atoms. The highest BCUT2D eigenvalue weighted by Crippen LogP contribution is 2.29. The SMILES string of the molecule is CCN(C(=O)Nc1cccc(C(=O)O)c1O)C1CCCC1. The number of phenols is 1. The fourth-order valence-corrected chi connectivity index (χ4v) is 2.79. The Balaban J connectivity index is 2.15. The maximum Gasteiger partial charge on any atom is 0.339 e. The maximum absolute atomic E-state index is 12.3. The van der Waals surface area contributed by atoms with E-state index in [9.17, 15) is 14.7 Å². The van der Waals surface area contributed by atoms with Crippen molar-refractivity contribution >= 4 is 17.7 Å². The number of carbonyl (C=O) groups is 2. The van der Waals surface area contributed by atoms with Crippen LogP contribution in [0.2, 0.25) is 0 Å². The van der Waals surface area contributed by atoms with Crippen molar-refractivity contribution in [3.05, 3.63) is 23.8 Å². The Bertz CT molecular complexity index is 538. The Kier molecular flexibility index (Phi) is 4.67. The van der Waals surface area contributed by atoms with Crippen molar-refractivity contribution < 1.29 is 19.8 Å². The van der Waals surface area contributed by atoms with Crippen LogP contribution in [0.4, 0.5) is 10.5 Å². The molecule has 2 rings (SSSR count). The van der Waals surface area contributed by atoms with Crippen LogP contribution in [0.1, 0.15) is 43.0 Å². The van der Waals surface area contributed by atoms with E-state index in [1.165, 1.54) is 18.2 Å². The van der Waals surface area contributed by atoms with Crippen LogP contribution in [0.3, 0.4) is 0 Å². The average Bonchev–Trinajstić information content (AvgIpc) is 2.95. The first-order chi connectivity index (χ1) is 10.0. The van der Waals surface area contributed by atoms with E-state index in [0.717, 1.165) is 25.7 Å². The van der Waals surface area contributed by atoms with Gasteiger partial charge in [0.2, 0.25) is 0 Å². The van der Waals surface area contributed by atoms with E-state index in [0.29, 0.717) is 6.54 Å². The Labute approximate surface area is 123 Å². The second kappa shape index (κ2) is 6.47. The van der Waals surface area contributed by atoms with Crippen LogP contribution in [0.25, 0.3) is 0 Å². The third kappa shape index (κ3) is 3.26. The largest absolute Gasteiger partial charge is 0.505 e. The molecule has 0 bridgehead atoms. The van der Waals surface area contributed by atoms with E-state index in [2.05, 4.69) is 5.32 Å². The topological polar surface area (TPSA) is 89.9 Å². The zero-order valence-electron chi connectivity index (χ0n) is 12.0. The summed E-state index contributed by atoms with van der Waals surface area (Å²) < 4.78 is 0. The first-order valence-electron chi connectivity index (χ1n) is 7.17. The molecule has 0 heterocycles.